The minimum atomic E-state index is -3.57. The van der Waals surface area contributed by atoms with E-state index in [1.165, 1.54) is 6.92 Å². The normalized spacial score (nSPS) is 12.3. The third-order valence-electron chi connectivity index (χ3n) is 4.14. The van der Waals surface area contributed by atoms with E-state index in [9.17, 15) is 18.0 Å². The minimum Gasteiger partial charge on any atom is -0.466 e. The summed E-state index contributed by atoms with van der Waals surface area (Å²) in [7, 11) is -3.57. The Bertz CT molecular complexity index is 714. The number of esters is 1. The van der Waals surface area contributed by atoms with Gasteiger partial charge in [-0.05, 0) is 44.9 Å². The van der Waals surface area contributed by atoms with Crippen LogP contribution in [0.5, 0.6) is 5.75 Å². The molecule has 152 valence electrons. The molecule has 8 heteroatoms. The van der Waals surface area contributed by atoms with Crippen LogP contribution in [0.15, 0.2) is 24.3 Å². The van der Waals surface area contributed by atoms with E-state index in [4.69, 9.17) is 8.92 Å². The van der Waals surface area contributed by atoms with Crippen LogP contribution in [-0.4, -0.2) is 43.6 Å². The van der Waals surface area contributed by atoms with Gasteiger partial charge in [0.05, 0.1) is 18.8 Å². The van der Waals surface area contributed by atoms with Crippen molar-refractivity contribution in [2.75, 3.05) is 12.4 Å². The first-order valence-electron chi connectivity index (χ1n) is 9.18. The highest BCUT2D eigenvalue weighted by molar-refractivity contribution is 7.87. The van der Waals surface area contributed by atoms with Crippen molar-refractivity contribution in [2.24, 2.45) is 0 Å². The van der Waals surface area contributed by atoms with E-state index < -0.39 is 10.1 Å². The summed E-state index contributed by atoms with van der Waals surface area (Å²) in [5.41, 5.74) is 0.848. The largest absolute Gasteiger partial charge is 0.466 e. The number of rotatable bonds is 11. The van der Waals surface area contributed by atoms with Gasteiger partial charge in [-0.25, -0.2) is 0 Å². The number of carbonyl (C=O) groups is 2. The SMILES string of the molecule is CCOC(=O)CCC(=O)N(Cc1ccc(OS(=O)(=O)CC)cc1)[C@@H](C)CC. The maximum Gasteiger partial charge on any atom is 0.308 e. The second-order valence-electron chi connectivity index (χ2n) is 6.16. The van der Waals surface area contributed by atoms with Crippen LogP contribution < -0.4 is 4.18 Å². The zero-order valence-electron chi connectivity index (χ0n) is 16.4. The van der Waals surface area contributed by atoms with Gasteiger partial charge in [0.25, 0.3) is 0 Å². The van der Waals surface area contributed by atoms with Crippen LogP contribution in [-0.2, 0) is 31.0 Å². The lowest BCUT2D eigenvalue weighted by Crippen LogP contribution is -2.38. The van der Waals surface area contributed by atoms with Crippen molar-refractivity contribution < 1.29 is 26.9 Å². The first-order chi connectivity index (χ1) is 12.7. The van der Waals surface area contributed by atoms with Crippen LogP contribution in [0.2, 0.25) is 0 Å². The Labute approximate surface area is 161 Å². The summed E-state index contributed by atoms with van der Waals surface area (Å²) in [6.45, 7) is 7.85. The van der Waals surface area contributed by atoms with Crippen molar-refractivity contribution in [2.45, 2.75) is 59.5 Å². The zero-order chi connectivity index (χ0) is 20.4. The summed E-state index contributed by atoms with van der Waals surface area (Å²) in [5.74, 6) is -0.366. The smallest absolute Gasteiger partial charge is 0.308 e. The fourth-order valence-corrected chi connectivity index (χ4v) is 2.87. The van der Waals surface area contributed by atoms with Gasteiger partial charge in [0.2, 0.25) is 5.91 Å². The van der Waals surface area contributed by atoms with E-state index in [1.54, 1.807) is 36.1 Å². The summed E-state index contributed by atoms with van der Waals surface area (Å²) < 4.78 is 32.8. The molecule has 0 saturated heterocycles. The topological polar surface area (TPSA) is 90.0 Å². The van der Waals surface area contributed by atoms with Gasteiger partial charge < -0.3 is 13.8 Å². The molecule has 0 unspecified atom stereocenters. The van der Waals surface area contributed by atoms with E-state index in [-0.39, 0.29) is 42.3 Å². The summed E-state index contributed by atoms with van der Waals surface area (Å²) >= 11 is 0. The van der Waals surface area contributed by atoms with Gasteiger partial charge in [-0.1, -0.05) is 19.1 Å². The molecule has 1 aromatic carbocycles. The molecule has 0 aliphatic rings. The summed E-state index contributed by atoms with van der Waals surface area (Å²) in [5, 5.41) is 0. The molecule has 0 spiro atoms. The molecule has 0 aliphatic carbocycles. The van der Waals surface area contributed by atoms with Crippen LogP contribution in [0.4, 0.5) is 0 Å². The van der Waals surface area contributed by atoms with Crippen molar-refractivity contribution in [1.82, 2.24) is 4.90 Å². The third-order valence-corrected chi connectivity index (χ3v) is 5.30. The molecule has 0 N–H and O–H groups in total. The maximum absolute atomic E-state index is 12.6. The monoisotopic (exact) mass is 399 g/mol. The second-order valence-corrected chi connectivity index (χ2v) is 8.02. The second kappa shape index (κ2) is 10.9. The fourth-order valence-electron chi connectivity index (χ4n) is 2.35. The molecule has 7 nitrogen and oxygen atoms in total. The molecule has 1 rings (SSSR count). The Hall–Kier alpha value is -2.09. The third kappa shape index (κ3) is 7.99. The first kappa shape index (κ1) is 23.0. The molecule has 0 bridgehead atoms. The highest BCUT2D eigenvalue weighted by atomic mass is 32.2. The Morgan fingerprint density at radius 1 is 1.07 bits per heavy atom. The van der Waals surface area contributed by atoms with Crippen LogP contribution in [0.1, 0.15) is 52.5 Å². The lowest BCUT2D eigenvalue weighted by molar-refractivity contribution is -0.146. The molecule has 0 saturated carbocycles. The van der Waals surface area contributed by atoms with Crippen LogP contribution in [0.25, 0.3) is 0 Å². The van der Waals surface area contributed by atoms with E-state index in [0.717, 1.165) is 12.0 Å². The number of benzene rings is 1. The van der Waals surface area contributed by atoms with Gasteiger partial charge in [-0.15, -0.1) is 0 Å². The van der Waals surface area contributed by atoms with Gasteiger partial charge in [-0.3, -0.25) is 9.59 Å². The molecular weight excluding hydrogens is 370 g/mol. The first-order valence-corrected chi connectivity index (χ1v) is 10.8. The fraction of sp³-hybridized carbons (Fsp3) is 0.579. The predicted octanol–water partition coefficient (Wildman–Crippen LogP) is 2.89. The number of hydrogen-bond donors (Lipinski definition) is 0. The van der Waals surface area contributed by atoms with Gasteiger partial charge in [0, 0.05) is 19.0 Å². The average molecular weight is 400 g/mol. The Morgan fingerprint density at radius 2 is 1.70 bits per heavy atom. The van der Waals surface area contributed by atoms with Gasteiger partial charge in [-0.2, -0.15) is 8.42 Å². The van der Waals surface area contributed by atoms with Crippen LogP contribution >= 0.6 is 0 Å². The summed E-state index contributed by atoms with van der Waals surface area (Å²) in [4.78, 5) is 25.8. The average Bonchev–Trinajstić information content (AvgIpc) is 2.65. The molecular formula is C19H29NO6S. The van der Waals surface area contributed by atoms with Gasteiger partial charge in [0.1, 0.15) is 5.75 Å². The van der Waals surface area contributed by atoms with Crippen molar-refractivity contribution >= 4 is 22.0 Å². The Balaban J connectivity index is 2.79. The van der Waals surface area contributed by atoms with Crippen molar-refractivity contribution in [3.63, 3.8) is 0 Å². The molecule has 0 heterocycles. The van der Waals surface area contributed by atoms with Crippen molar-refractivity contribution in [3.8, 4) is 5.75 Å². The summed E-state index contributed by atoms with van der Waals surface area (Å²) in [6, 6.07) is 6.61. The van der Waals surface area contributed by atoms with Crippen LogP contribution in [0.3, 0.4) is 0 Å². The predicted molar refractivity (Wildman–Crippen MR) is 103 cm³/mol. The number of nitrogens with zero attached hydrogens (tertiary/aromatic N) is 1. The highest BCUT2D eigenvalue weighted by Crippen LogP contribution is 2.18. The van der Waals surface area contributed by atoms with E-state index in [2.05, 4.69) is 0 Å². The van der Waals surface area contributed by atoms with E-state index in [0.29, 0.717) is 13.2 Å². The number of amides is 1. The van der Waals surface area contributed by atoms with E-state index in [1.807, 2.05) is 13.8 Å². The number of ether oxygens (including phenoxy) is 1. The number of carbonyl (C=O) groups excluding carboxylic acids is 2. The molecule has 0 aliphatic heterocycles. The standard InChI is InChI=1S/C19H29NO6S/c1-5-15(4)20(18(21)12-13-19(22)25-6-2)14-16-8-10-17(11-9-16)26-27(23,24)7-3/h8-11,15H,5-7,12-14H2,1-4H3/t15-/m0/s1. The van der Waals surface area contributed by atoms with Crippen LogP contribution in [0, 0.1) is 0 Å². The maximum atomic E-state index is 12.6. The molecule has 0 aromatic heterocycles. The molecule has 1 amide bonds. The molecule has 1 atom stereocenters. The molecule has 27 heavy (non-hydrogen) atoms. The summed E-state index contributed by atoms with van der Waals surface area (Å²) in [6.07, 6.45) is 0.932. The van der Waals surface area contributed by atoms with E-state index >= 15 is 0 Å². The van der Waals surface area contributed by atoms with Gasteiger partial charge >= 0.3 is 16.1 Å². The van der Waals surface area contributed by atoms with Gasteiger partial charge in [0.15, 0.2) is 0 Å². The lowest BCUT2D eigenvalue weighted by atomic mass is 10.1. The Kier molecular flexibility index (Phi) is 9.28. The lowest BCUT2D eigenvalue weighted by Gasteiger charge is -2.29. The molecule has 1 aromatic rings. The van der Waals surface area contributed by atoms with Crippen molar-refractivity contribution in [1.29, 1.82) is 0 Å². The number of hydrogen-bond acceptors (Lipinski definition) is 6. The van der Waals surface area contributed by atoms with Crippen molar-refractivity contribution in [3.05, 3.63) is 29.8 Å². The highest BCUT2D eigenvalue weighted by Gasteiger charge is 2.20. The molecule has 0 fully saturated rings. The quantitative estimate of drug-likeness (QED) is 0.420. The molecule has 0 radical (unpaired) electrons. The zero-order valence-corrected chi connectivity index (χ0v) is 17.3. The minimum absolute atomic E-state index is 0.0103. The Morgan fingerprint density at radius 3 is 2.22 bits per heavy atom.